The maximum absolute atomic E-state index is 12.8. The molecule has 1 saturated heterocycles. The van der Waals surface area contributed by atoms with Crippen LogP contribution in [0.5, 0.6) is 0 Å². The van der Waals surface area contributed by atoms with Crippen molar-refractivity contribution in [3.8, 4) is 0 Å². The Morgan fingerprint density at radius 1 is 1.13 bits per heavy atom. The van der Waals surface area contributed by atoms with Crippen LogP contribution in [0, 0.1) is 0 Å². The monoisotopic (exact) mass is 415 g/mol. The second-order valence-corrected chi connectivity index (χ2v) is 7.91. The number of imide groups is 1. The van der Waals surface area contributed by atoms with Crippen molar-refractivity contribution in [3.05, 3.63) is 35.9 Å². The Labute approximate surface area is 176 Å². The Kier molecular flexibility index (Phi) is 7.07. The van der Waals surface area contributed by atoms with Crippen molar-refractivity contribution >= 4 is 23.8 Å². The largest absolute Gasteiger partial charge is 0.469 e. The van der Waals surface area contributed by atoms with E-state index in [1.165, 1.54) is 12.0 Å². The minimum atomic E-state index is -0.721. The van der Waals surface area contributed by atoms with Crippen molar-refractivity contribution in [2.45, 2.75) is 57.0 Å². The second-order valence-electron chi connectivity index (χ2n) is 7.91. The fourth-order valence-corrected chi connectivity index (χ4v) is 4.17. The molecule has 2 fully saturated rings. The predicted octanol–water partition coefficient (Wildman–Crippen LogP) is 2.22. The van der Waals surface area contributed by atoms with Crippen molar-refractivity contribution in [2.75, 3.05) is 20.2 Å². The van der Waals surface area contributed by atoms with Crippen molar-refractivity contribution in [2.24, 2.45) is 0 Å². The van der Waals surface area contributed by atoms with Gasteiger partial charge in [0.2, 0.25) is 5.91 Å². The van der Waals surface area contributed by atoms with Gasteiger partial charge in [0.25, 0.3) is 5.91 Å². The highest BCUT2D eigenvalue weighted by Gasteiger charge is 2.52. The molecule has 0 radical (unpaired) electrons. The van der Waals surface area contributed by atoms with E-state index in [2.05, 4.69) is 10.1 Å². The van der Waals surface area contributed by atoms with Crippen LogP contribution in [-0.4, -0.2) is 59.4 Å². The molecule has 1 aliphatic carbocycles. The van der Waals surface area contributed by atoms with Gasteiger partial charge in [-0.25, -0.2) is 4.79 Å². The van der Waals surface area contributed by atoms with Gasteiger partial charge in [-0.2, -0.15) is 0 Å². The normalized spacial score (nSPS) is 17.3. The standard InChI is InChI=1S/C22H29N3O5/c1-30-19(27)11-15-24(16-17-8-3-2-4-9-17)18(26)10-7-14-25-20(28)22(23-21(25)29)12-5-6-13-22/h2-4,8-9H,5-7,10-16H2,1H3,(H,23,29). The maximum atomic E-state index is 12.8. The predicted molar refractivity (Wildman–Crippen MR) is 109 cm³/mol. The molecule has 1 spiro atoms. The molecular weight excluding hydrogens is 386 g/mol. The fraction of sp³-hybridized carbons (Fsp3) is 0.545. The molecule has 4 amide bonds. The third-order valence-electron chi connectivity index (χ3n) is 5.86. The molecule has 1 saturated carbocycles. The highest BCUT2D eigenvalue weighted by Crippen LogP contribution is 2.35. The van der Waals surface area contributed by atoms with Crippen LogP contribution in [0.15, 0.2) is 30.3 Å². The summed E-state index contributed by atoms with van der Waals surface area (Å²) in [5.74, 6) is -0.656. The summed E-state index contributed by atoms with van der Waals surface area (Å²) in [4.78, 5) is 52.1. The number of nitrogens with zero attached hydrogens (tertiary/aromatic N) is 2. The number of amides is 4. The quantitative estimate of drug-likeness (QED) is 0.493. The van der Waals surface area contributed by atoms with Gasteiger partial charge in [-0.15, -0.1) is 0 Å². The lowest BCUT2D eigenvalue weighted by Gasteiger charge is -2.23. The number of benzene rings is 1. The average Bonchev–Trinajstić information content (AvgIpc) is 3.31. The number of hydrogen-bond donors (Lipinski definition) is 1. The van der Waals surface area contributed by atoms with E-state index in [1.807, 2.05) is 30.3 Å². The van der Waals surface area contributed by atoms with Crippen LogP contribution in [0.1, 0.15) is 50.5 Å². The molecule has 3 rings (SSSR count). The number of methoxy groups -OCH3 is 1. The molecule has 0 aromatic heterocycles. The van der Waals surface area contributed by atoms with Crippen LogP contribution >= 0.6 is 0 Å². The minimum Gasteiger partial charge on any atom is -0.469 e. The Bertz CT molecular complexity index is 789. The molecule has 2 aliphatic rings. The third kappa shape index (κ3) is 4.98. The number of esters is 1. The molecule has 8 heteroatoms. The zero-order valence-electron chi connectivity index (χ0n) is 17.4. The molecule has 162 valence electrons. The minimum absolute atomic E-state index is 0.116. The summed E-state index contributed by atoms with van der Waals surface area (Å²) in [7, 11) is 1.32. The molecule has 30 heavy (non-hydrogen) atoms. The molecular formula is C22H29N3O5. The van der Waals surface area contributed by atoms with E-state index < -0.39 is 5.54 Å². The highest BCUT2D eigenvalue weighted by atomic mass is 16.5. The lowest BCUT2D eigenvalue weighted by atomic mass is 9.98. The van der Waals surface area contributed by atoms with E-state index in [9.17, 15) is 19.2 Å². The smallest absolute Gasteiger partial charge is 0.325 e. The van der Waals surface area contributed by atoms with Crippen LogP contribution in [0.2, 0.25) is 0 Å². The van der Waals surface area contributed by atoms with Gasteiger partial charge in [-0.1, -0.05) is 43.2 Å². The Morgan fingerprint density at radius 3 is 2.50 bits per heavy atom. The van der Waals surface area contributed by atoms with Gasteiger partial charge in [-0.05, 0) is 24.8 Å². The van der Waals surface area contributed by atoms with E-state index in [-0.39, 0.29) is 49.7 Å². The van der Waals surface area contributed by atoms with E-state index in [0.717, 1.165) is 18.4 Å². The SMILES string of the molecule is COC(=O)CCN(Cc1ccccc1)C(=O)CCCN1C(=O)NC2(CCCC2)C1=O. The van der Waals surface area contributed by atoms with Crippen LogP contribution in [0.3, 0.4) is 0 Å². The van der Waals surface area contributed by atoms with Crippen molar-refractivity contribution in [1.82, 2.24) is 15.1 Å². The summed E-state index contributed by atoms with van der Waals surface area (Å²) in [5, 5.41) is 2.85. The summed E-state index contributed by atoms with van der Waals surface area (Å²) >= 11 is 0. The number of urea groups is 1. The zero-order valence-corrected chi connectivity index (χ0v) is 17.4. The highest BCUT2D eigenvalue weighted by molar-refractivity contribution is 6.07. The summed E-state index contributed by atoms with van der Waals surface area (Å²) in [5.41, 5.74) is 0.244. The summed E-state index contributed by atoms with van der Waals surface area (Å²) in [6.45, 7) is 0.865. The lowest BCUT2D eigenvalue weighted by Crippen LogP contribution is -2.44. The first-order valence-electron chi connectivity index (χ1n) is 10.5. The van der Waals surface area contributed by atoms with Gasteiger partial charge in [0.05, 0.1) is 13.5 Å². The van der Waals surface area contributed by atoms with Crippen LogP contribution in [0.25, 0.3) is 0 Å². The molecule has 0 unspecified atom stereocenters. The van der Waals surface area contributed by atoms with E-state index in [0.29, 0.717) is 25.8 Å². The summed E-state index contributed by atoms with van der Waals surface area (Å²) in [6.07, 6.45) is 3.94. The number of nitrogens with one attached hydrogen (secondary N) is 1. The molecule has 1 aromatic rings. The van der Waals surface area contributed by atoms with Gasteiger partial charge in [0.1, 0.15) is 5.54 Å². The van der Waals surface area contributed by atoms with Gasteiger partial charge >= 0.3 is 12.0 Å². The first-order chi connectivity index (χ1) is 14.4. The second kappa shape index (κ2) is 9.73. The molecule has 0 bridgehead atoms. The van der Waals surface area contributed by atoms with Crippen molar-refractivity contribution in [3.63, 3.8) is 0 Å². The molecule has 8 nitrogen and oxygen atoms in total. The van der Waals surface area contributed by atoms with Crippen LogP contribution < -0.4 is 5.32 Å². The van der Waals surface area contributed by atoms with Gasteiger partial charge < -0.3 is 15.0 Å². The Hall–Kier alpha value is -2.90. The van der Waals surface area contributed by atoms with Crippen molar-refractivity contribution < 1.29 is 23.9 Å². The zero-order chi connectivity index (χ0) is 21.6. The van der Waals surface area contributed by atoms with E-state index in [4.69, 9.17) is 0 Å². The Balaban J connectivity index is 1.55. The number of rotatable bonds is 9. The third-order valence-corrected chi connectivity index (χ3v) is 5.86. The average molecular weight is 415 g/mol. The summed E-state index contributed by atoms with van der Waals surface area (Å²) in [6, 6.07) is 9.18. The number of ether oxygens (including phenoxy) is 1. The number of carbonyl (C=O) groups is 4. The molecule has 0 atom stereocenters. The molecule has 1 aromatic carbocycles. The Morgan fingerprint density at radius 2 is 1.83 bits per heavy atom. The molecule has 1 aliphatic heterocycles. The van der Waals surface area contributed by atoms with Gasteiger partial charge in [0.15, 0.2) is 0 Å². The summed E-state index contributed by atoms with van der Waals surface area (Å²) < 4.78 is 4.68. The van der Waals surface area contributed by atoms with E-state index in [1.54, 1.807) is 4.90 Å². The topological polar surface area (TPSA) is 96.0 Å². The first-order valence-corrected chi connectivity index (χ1v) is 10.5. The van der Waals surface area contributed by atoms with Crippen LogP contribution in [-0.2, 0) is 25.7 Å². The van der Waals surface area contributed by atoms with Gasteiger partial charge in [-0.3, -0.25) is 19.3 Å². The first kappa shape index (κ1) is 21.8. The van der Waals surface area contributed by atoms with Crippen molar-refractivity contribution in [1.29, 1.82) is 0 Å². The lowest BCUT2D eigenvalue weighted by molar-refractivity contribution is -0.142. The van der Waals surface area contributed by atoms with Crippen LogP contribution in [0.4, 0.5) is 4.79 Å². The number of hydrogen-bond acceptors (Lipinski definition) is 5. The number of carbonyl (C=O) groups excluding carboxylic acids is 4. The molecule has 1 N–H and O–H groups in total. The van der Waals surface area contributed by atoms with Gasteiger partial charge in [0, 0.05) is 26.1 Å². The molecule has 1 heterocycles. The fourth-order valence-electron chi connectivity index (χ4n) is 4.17. The maximum Gasteiger partial charge on any atom is 0.325 e. The van der Waals surface area contributed by atoms with E-state index >= 15 is 0 Å².